The summed E-state index contributed by atoms with van der Waals surface area (Å²) in [6, 6.07) is 12.5. The normalized spacial score (nSPS) is 13.9. The molecule has 0 spiro atoms. The van der Waals surface area contributed by atoms with Crippen LogP contribution in [-0.4, -0.2) is 26.0 Å². The van der Waals surface area contributed by atoms with Crippen LogP contribution < -0.4 is 0 Å². The van der Waals surface area contributed by atoms with Crippen molar-refractivity contribution in [3.63, 3.8) is 0 Å². The molecule has 0 atom stereocenters. The van der Waals surface area contributed by atoms with Crippen LogP contribution in [0.3, 0.4) is 0 Å². The van der Waals surface area contributed by atoms with E-state index in [4.69, 9.17) is 0 Å². The third kappa shape index (κ3) is 2.21. The van der Waals surface area contributed by atoms with E-state index in [1.807, 2.05) is 12.1 Å². The van der Waals surface area contributed by atoms with Gasteiger partial charge in [-0.3, -0.25) is 9.78 Å². The number of ketones is 1. The lowest BCUT2D eigenvalue weighted by Gasteiger charge is -2.21. The number of aromatic hydroxyl groups is 2. The Bertz CT molecular complexity index is 1230. The topological polar surface area (TPSA) is 83.3 Å². The van der Waals surface area contributed by atoms with Gasteiger partial charge in [0.1, 0.15) is 17.0 Å². The minimum atomic E-state index is -0.00153. The predicted molar refractivity (Wildman–Crippen MR) is 103 cm³/mol. The van der Waals surface area contributed by atoms with Crippen molar-refractivity contribution in [1.82, 2.24) is 9.97 Å². The Balaban J connectivity index is 2.06. The third-order valence-corrected chi connectivity index (χ3v) is 5.19. The van der Waals surface area contributed by atoms with Crippen molar-refractivity contribution < 1.29 is 15.0 Å². The van der Waals surface area contributed by atoms with Crippen molar-refractivity contribution in [3.8, 4) is 22.8 Å². The van der Waals surface area contributed by atoms with Crippen LogP contribution >= 0.6 is 0 Å². The zero-order valence-corrected chi connectivity index (χ0v) is 14.4. The summed E-state index contributed by atoms with van der Waals surface area (Å²) >= 11 is 0. The van der Waals surface area contributed by atoms with Crippen molar-refractivity contribution in [2.24, 2.45) is 0 Å². The van der Waals surface area contributed by atoms with Gasteiger partial charge in [-0.2, -0.15) is 0 Å². The van der Waals surface area contributed by atoms with Crippen molar-refractivity contribution >= 4 is 27.5 Å². The van der Waals surface area contributed by atoms with E-state index in [2.05, 4.69) is 9.97 Å². The Kier molecular flexibility index (Phi) is 3.37. The quantitative estimate of drug-likeness (QED) is 0.391. The number of aryl methyl sites for hydroxylation is 1. The first-order chi connectivity index (χ1) is 13.2. The summed E-state index contributed by atoms with van der Waals surface area (Å²) in [5, 5.41) is 23.4. The predicted octanol–water partition coefficient (Wildman–Crippen LogP) is 4.38. The Morgan fingerprint density at radius 2 is 1.59 bits per heavy atom. The highest BCUT2D eigenvalue weighted by atomic mass is 16.3. The molecule has 5 heteroatoms. The average Bonchev–Trinajstić information content (AvgIpc) is 2.71. The molecule has 2 aromatic heterocycles. The lowest BCUT2D eigenvalue weighted by molar-refractivity contribution is 0.0972. The van der Waals surface area contributed by atoms with Crippen LogP contribution in [0.15, 0.2) is 48.7 Å². The first-order valence-electron chi connectivity index (χ1n) is 8.90. The zero-order valence-electron chi connectivity index (χ0n) is 14.4. The van der Waals surface area contributed by atoms with Gasteiger partial charge in [0.05, 0.1) is 16.8 Å². The maximum atomic E-state index is 12.8. The number of carbonyl (C=O) groups is 1. The first kappa shape index (κ1) is 15.8. The third-order valence-electron chi connectivity index (χ3n) is 5.19. The fraction of sp³-hybridized carbons (Fsp3) is 0.136. The molecule has 2 heterocycles. The summed E-state index contributed by atoms with van der Waals surface area (Å²) < 4.78 is 0. The standard InChI is InChI=1S/C22H16N2O3/c25-16-10-5-9-15-17(16)18(14-8-3-4-11-23-14)19-20(24-15)22(27)13-7-2-1-6-12(13)21(19)26/h1-4,6-8,11,26-27H,5,9-10H2. The van der Waals surface area contributed by atoms with Gasteiger partial charge < -0.3 is 10.2 Å². The van der Waals surface area contributed by atoms with E-state index in [1.165, 1.54) is 0 Å². The molecule has 1 aliphatic rings. The highest BCUT2D eigenvalue weighted by Gasteiger charge is 2.29. The maximum Gasteiger partial charge on any atom is 0.165 e. The summed E-state index contributed by atoms with van der Waals surface area (Å²) in [6.45, 7) is 0. The van der Waals surface area contributed by atoms with Gasteiger partial charge in [-0.25, -0.2) is 4.98 Å². The molecule has 0 bridgehead atoms. The van der Waals surface area contributed by atoms with Crippen LogP contribution in [0.2, 0.25) is 0 Å². The summed E-state index contributed by atoms with van der Waals surface area (Å²) in [5.74, 6) is 0.0162. The fourth-order valence-corrected chi connectivity index (χ4v) is 3.98. The molecule has 0 unspecified atom stereocenters. The van der Waals surface area contributed by atoms with E-state index in [9.17, 15) is 15.0 Å². The molecule has 27 heavy (non-hydrogen) atoms. The minimum absolute atomic E-state index is 0.00153. The van der Waals surface area contributed by atoms with Gasteiger partial charge in [-0.15, -0.1) is 0 Å². The van der Waals surface area contributed by atoms with Crippen molar-refractivity contribution in [1.29, 1.82) is 0 Å². The van der Waals surface area contributed by atoms with Crippen molar-refractivity contribution in [2.75, 3.05) is 0 Å². The molecule has 132 valence electrons. The number of fused-ring (bicyclic) bond motifs is 3. The van der Waals surface area contributed by atoms with E-state index < -0.39 is 0 Å². The Labute approximate surface area is 154 Å². The number of benzene rings is 2. The second-order valence-corrected chi connectivity index (χ2v) is 6.77. The summed E-state index contributed by atoms with van der Waals surface area (Å²) in [6.07, 6.45) is 3.48. The Hall–Kier alpha value is -3.47. The summed E-state index contributed by atoms with van der Waals surface area (Å²) in [7, 11) is 0. The van der Waals surface area contributed by atoms with Gasteiger partial charge in [0.2, 0.25) is 0 Å². The van der Waals surface area contributed by atoms with E-state index in [1.54, 1.807) is 36.5 Å². The molecular weight excluding hydrogens is 340 g/mol. The van der Waals surface area contributed by atoms with Crippen LogP contribution in [0.1, 0.15) is 28.9 Å². The largest absolute Gasteiger partial charge is 0.507 e. The number of hydrogen-bond acceptors (Lipinski definition) is 5. The molecular formula is C22H16N2O3. The van der Waals surface area contributed by atoms with Gasteiger partial charge in [0.25, 0.3) is 0 Å². The first-order valence-corrected chi connectivity index (χ1v) is 8.90. The van der Waals surface area contributed by atoms with Crippen molar-refractivity contribution in [2.45, 2.75) is 19.3 Å². The van der Waals surface area contributed by atoms with E-state index in [0.717, 1.165) is 6.42 Å². The minimum Gasteiger partial charge on any atom is -0.507 e. The zero-order chi connectivity index (χ0) is 18.5. The summed E-state index contributed by atoms with van der Waals surface area (Å²) in [5.41, 5.74) is 2.61. The van der Waals surface area contributed by atoms with Crippen molar-refractivity contribution in [3.05, 3.63) is 59.9 Å². The Morgan fingerprint density at radius 3 is 2.33 bits per heavy atom. The number of pyridine rings is 2. The lowest BCUT2D eigenvalue weighted by atomic mass is 9.86. The molecule has 0 saturated carbocycles. The fourth-order valence-electron chi connectivity index (χ4n) is 3.98. The molecule has 5 nitrogen and oxygen atoms in total. The van der Waals surface area contributed by atoms with E-state index >= 15 is 0 Å². The van der Waals surface area contributed by atoms with Crippen LogP contribution in [-0.2, 0) is 6.42 Å². The molecule has 2 N–H and O–H groups in total. The molecule has 0 aliphatic heterocycles. The molecule has 0 amide bonds. The average molecular weight is 356 g/mol. The van der Waals surface area contributed by atoms with Gasteiger partial charge >= 0.3 is 0 Å². The highest BCUT2D eigenvalue weighted by molar-refractivity contribution is 6.18. The number of phenolic OH excluding ortho intramolecular Hbond substituents is 2. The molecule has 0 radical (unpaired) electrons. The molecule has 1 aliphatic carbocycles. The van der Waals surface area contributed by atoms with Crippen LogP contribution in [0.4, 0.5) is 0 Å². The smallest absolute Gasteiger partial charge is 0.165 e. The molecule has 0 fully saturated rings. The van der Waals surface area contributed by atoms with Crippen LogP contribution in [0, 0.1) is 0 Å². The van der Waals surface area contributed by atoms with E-state index in [-0.39, 0.29) is 17.3 Å². The molecule has 4 aromatic rings. The van der Waals surface area contributed by atoms with E-state index in [0.29, 0.717) is 57.0 Å². The van der Waals surface area contributed by atoms with Gasteiger partial charge in [-0.1, -0.05) is 30.3 Å². The van der Waals surface area contributed by atoms with Crippen LogP contribution in [0.25, 0.3) is 32.9 Å². The highest BCUT2D eigenvalue weighted by Crippen LogP contribution is 2.46. The molecule has 5 rings (SSSR count). The lowest BCUT2D eigenvalue weighted by Crippen LogP contribution is -2.15. The second kappa shape index (κ2) is 5.77. The summed E-state index contributed by atoms with van der Waals surface area (Å²) in [4.78, 5) is 21.8. The van der Waals surface area contributed by atoms with Gasteiger partial charge in [0.15, 0.2) is 5.78 Å². The van der Waals surface area contributed by atoms with Gasteiger partial charge in [-0.05, 0) is 25.0 Å². The second-order valence-electron chi connectivity index (χ2n) is 6.77. The maximum absolute atomic E-state index is 12.8. The number of nitrogens with zero attached hydrogens (tertiary/aromatic N) is 2. The number of rotatable bonds is 1. The number of Topliss-reactive ketones (excluding diaryl/α,β-unsaturated/α-hetero) is 1. The number of aromatic nitrogens is 2. The molecule has 0 saturated heterocycles. The number of phenols is 2. The molecule has 2 aromatic carbocycles. The monoisotopic (exact) mass is 356 g/mol. The number of carbonyl (C=O) groups excluding carboxylic acids is 1. The SMILES string of the molecule is O=C1CCCc2nc3c(O)c4ccccc4c(O)c3c(-c3ccccn3)c21. The Morgan fingerprint density at radius 1 is 0.852 bits per heavy atom. The van der Waals surface area contributed by atoms with Crippen LogP contribution in [0.5, 0.6) is 11.5 Å². The number of hydrogen-bond donors (Lipinski definition) is 2. The van der Waals surface area contributed by atoms with Gasteiger partial charge in [0, 0.05) is 34.5 Å².